The summed E-state index contributed by atoms with van der Waals surface area (Å²) in [4.78, 5) is 24.4. The molecule has 5 nitrogen and oxygen atoms in total. The highest BCUT2D eigenvalue weighted by Gasteiger charge is 2.25. The maximum Gasteiger partial charge on any atom is 0.305 e. The molecule has 0 spiro atoms. The first-order chi connectivity index (χ1) is 9.49. The third-order valence-corrected chi connectivity index (χ3v) is 3.84. The molecule has 20 heavy (non-hydrogen) atoms. The zero-order valence-corrected chi connectivity index (χ0v) is 11.6. The molecule has 108 valence electrons. The van der Waals surface area contributed by atoms with E-state index in [4.69, 9.17) is 10.8 Å². The predicted molar refractivity (Wildman–Crippen MR) is 76.9 cm³/mol. The summed E-state index contributed by atoms with van der Waals surface area (Å²) in [7, 11) is 0. The lowest BCUT2D eigenvalue weighted by molar-refractivity contribution is -0.137. The quantitative estimate of drug-likeness (QED) is 0.880. The summed E-state index contributed by atoms with van der Waals surface area (Å²) in [6.07, 6.45) is 3.17. The summed E-state index contributed by atoms with van der Waals surface area (Å²) in [6, 6.07) is 5.52. The zero-order chi connectivity index (χ0) is 14.7. The van der Waals surface area contributed by atoms with E-state index in [1.807, 2.05) is 19.1 Å². The molecule has 0 bridgehead atoms. The average molecular weight is 276 g/mol. The molecule has 1 unspecified atom stereocenters. The van der Waals surface area contributed by atoms with Crippen molar-refractivity contribution >= 4 is 17.6 Å². The molecule has 1 aromatic rings. The van der Waals surface area contributed by atoms with E-state index >= 15 is 0 Å². The minimum atomic E-state index is -0.771. The van der Waals surface area contributed by atoms with Crippen molar-refractivity contribution in [3.63, 3.8) is 0 Å². The average Bonchev–Trinajstić information content (AvgIpc) is 2.38. The number of carbonyl (C=O) groups excluding carboxylic acids is 1. The van der Waals surface area contributed by atoms with Crippen LogP contribution in [0.1, 0.15) is 41.6 Å². The van der Waals surface area contributed by atoms with Gasteiger partial charge in [-0.25, -0.2) is 0 Å². The van der Waals surface area contributed by atoms with Crippen molar-refractivity contribution in [2.24, 2.45) is 5.73 Å². The number of nitrogens with zero attached hydrogens (tertiary/aromatic N) is 1. The predicted octanol–water partition coefficient (Wildman–Crippen LogP) is 1.93. The molecule has 0 saturated carbocycles. The lowest BCUT2D eigenvalue weighted by Crippen LogP contribution is -2.41. The normalized spacial score (nSPS) is 18.9. The van der Waals surface area contributed by atoms with Crippen LogP contribution in [0.25, 0.3) is 0 Å². The fraction of sp³-hybridized carbons (Fsp3) is 0.467. The molecule has 2 rings (SSSR count). The lowest BCUT2D eigenvalue weighted by atomic mass is 9.97. The summed E-state index contributed by atoms with van der Waals surface area (Å²) in [5.74, 6) is -1.21. The van der Waals surface area contributed by atoms with Crippen LogP contribution < -0.4 is 10.6 Å². The Hall–Kier alpha value is -2.04. The lowest BCUT2D eigenvalue weighted by Gasteiger charge is -2.37. The van der Waals surface area contributed by atoms with Gasteiger partial charge in [-0.15, -0.1) is 0 Å². The number of benzene rings is 1. The summed E-state index contributed by atoms with van der Waals surface area (Å²) in [5, 5.41) is 9.01. The van der Waals surface area contributed by atoms with Gasteiger partial charge in [-0.05, 0) is 49.9 Å². The van der Waals surface area contributed by atoms with Gasteiger partial charge in [-0.1, -0.05) is 0 Å². The van der Waals surface area contributed by atoms with Crippen molar-refractivity contribution in [2.45, 2.75) is 38.6 Å². The van der Waals surface area contributed by atoms with Gasteiger partial charge >= 0.3 is 5.97 Å². The highest BCUT2D eigenvalue weighted by atomic mass is 16.4. The fourth-order valence-corrected chi connectivity index (χ4v) is 2.86. The van der Waals surface area contributed by atoms with E-state index in [1.54, 1.807) is 6.07 Å². The van der Waals surface area contributed by atoms with Gasteiger partial charge in [-0.2, -0.15) is 0 Å². The van der Waals surface area contributed by atoms with Gasteiger partial charge in [0.1, 0.15) is 0 Å². The molecule has 1 amide bonds. The molecule has 0 aliphatic carbocycles. The van der Waals surface area contributed by atoms with E-state index in [0.717, 1.165) is 37.1 Å². The molecule has 1 fully saturated rings. The van der Waals surface area contributed by atoms with Gasteiger partial charge in [0.25, 0.3) is 0 Å². The zero-order valence-electron chi connectivity index (χ0n) is 11.6. The second-order valence-corrected chi connectivity index (χ2v) is 5.30. The monoisotopic (exact) mass is 276 g/mol. The number of amides is 1. The summed E-state index contributed by atoms with van der Waals surface area (Å²) < 4.78 is 0. The van der Waals surface area contributed by atoms with E-state index in [-0.39, 0.29) is 12.5 Å². The van der Waals surface area contributed by atoms with Gasteiger partial charge in [0.15, 0.2) is 0 Å². The van der Waals surface area contributed by atoms with Crippen LogP contribution in [0.15, 0.2) is 18.2 Å². The first-order valence-electron chi connectivity index (χ1n) is 6.88. The number of hydrogen-bond acceptors (Lipinski definition) is 3. The molecule has 3 N–H and O–H groups in total. The molecule has 1 aromatic carbocycles. The van der Waals surface area contributed by atoms with Crippen LogP contribution in [-0.2, 0) is 4.79 Å². The third kappa shape index (κ3) is 3.10. The Morgan fingerprint density at radius 1 is 1.40 bits per heavy atom. The van der Waals surface area contributed by atoms with Crippen molar-refractivity contribution in [3.05, 3.63) is 29.3 Å². The maximum atomic E-state index is 11.3. The van der Waals surface area contributed by atoms with Gasteiger partial charge in [-0.3, -0.25) is 9.59 Å². The maximum absolute atomic E-state index is 11.3. The summed E-state index contributed by atoms with van der Waals surface area (Å²) in [5.41, 5.74) is 7.62. The Bertz CT molecular complexity index is 528. The van der Waals surface area contributed by atoms with Crippen molar-refractivity contribution in [3.8, 4) is 0 Å². The van der Waals surface area contributed by atoms with Crippen molar-refractivity contribution in [1.29, 1.82) is 0 Å². The van der Waals surface area contributed by atoms with Crippen LogP contribution in [-0.4, -0.2) is 29.6 Å². The van der Waals surface area contributed by atoms with Gasteiger partial charge in [0.05, 0.1) is 6.42 Å². The molecular formula is C15H20N2O3. The largest absolute Gasteiger partial charge is 0.481 e. The SMILES string of the molecule is Cc1cc(N2CCCCC2CC(=O)O)ccc1C(N)=O. The highest BCUT2D eigenvalue weighted by molar-refractivity contribution is 5.94. The second-order valence-electron chi connectivity index (χ2n) is 5.30. The van der Waals surface area contributed by atoms with Gasteiger partial charge in [0.2, 0.25) is 5.91 Å². The summed E-state index contributed by atoms with van der Waals surface area (Å²) in [6.45, 7) is 2.70. The molecule has 0 radical (unpaired) electrons. The van der Waals surface area contributed by atoms with Crippen molar-refractivity contribution in [1.82, 2.24) is 0 Å². The number of carboxylic acids is 1. The Balaban J connectivity index is 2.26. The van der Waals surface area contributed by atoms with E-state index in [1.165, 1.54) is 0 Å². The summed E-state index contributed by atoms with van der Waals surface area (Å²) >= 11 is 0. The molecule has 1 aliphatic rings. The topological polar surface area (TPSA) is 83.6 Å². The van der Waals surface area contributed by atoms with E-state index < -0.39 is 11.9 Å². The molecule has 1 heterocycles. The van der Waals surface area contributed by atoms with E-state index in [9.17, 15) is 9.59 Å². The second kappa shape index (κ2) is 5.94. The molecule has 0 aromatic heterocycles. The van der Waals surface area contributed by atoms with E-state index in [0.29, 0.717) is 5.56 Å². The Morgan fingerprint density at radius 2 is 2.15 bits per heavy atom. The van der Waals surface area contributed by atoms with Crippen LogP contribution in [0, 0.1) is 6.92 Å². The van der Waals surface area contributed by atoms with Crippen molar-refractivity contribution < 1.29 is 14.7 Å². The smallest absolute Gasteiger partial charge is 0.305 e. The number of carbonyl (C=O) groups is 2. The molecule has 1 atom stereocenters. The fourth-order valence-electron chi connectivity index (χ4n) is 2.86. The first kappa shape index (κ1) is 14.4. The molecule has 5 heteroatoms. The number of primary amides is 1. The number of hydrogen-bond donors (Lipinski definition) is 2. The van der Waals surface area contributed by atoms with Crippen LogP contribution in [0.2, 0.25) is 0 Å². The Kier molecular flexibility index (Phi) is 4.27. The standard InChI is InChI=1S/C15H20N2O3/c1-10-8-12(5-6-13(10)15(16)20)17-7-3-2-4-11(17)9-14(18)19/h5-6,8,11H,2-4,7,9H2,1H3,(H2,16,20)(H,18,19). The number of aliphatic carboxylic acids is 1. The van der Waals surface area contributed by atoms with Crippen LogP contribution in [0.5, 0.6) is 0 Å². The van der Waals surface area contributed by atoms with Gasteiger partial charge in [0, 0.05) is 23.8 Å². The van der Waals surface area contributed by atoms with Crippen LogP contribution in [0.4, 0.5) is 5.69 Å². The van der Waals surface area contributed by atoms with Crippen LogP contribution >= 0.6 is 0 Å². The molecule has 1 aliphatic heterocycles. The third-order valence-electron chi connectivity index (χ3n) is 3.84. The van der Waals surface area contributed by atoms with Gasteiger partial charge < -0.3 is 15.7 Å². The molecular weight excluding hydrogens is 256 g/mol. The Labute approximate surface area is 118 Å². The Morgan fingerprint density at radius 3 is 2.75 bits per heavy atom. The number of carboxylic acid groups (broad SMARTS) is 1. The highest BCUT2D eigenvalue weighted by Crippen LogP contribution is 2.28. The minimum Gasteiger partial charge on any atom is -0.481 e. The number of aryl methyl sites for hydroxylation is 1. The van der Waals surface area contributed by atoms with Crippen molar-refractivity contribution in [2.75, 3.05) is 11.4 Å². The molecule has 1 saturated heterocycles. The number of nitrogens with two attached hydrogens (primary N) is 1. The number of anilines is 1. The number of rotatable bonds is 4. The van der Waals surface area contributed by atoms with Crippen LogP contribution in [0.3, 0.4) is 0 Å². The van der Waals surface area contributed by atoms with E-state index in [2.05, 4.69) is 4.90 Å². The first-order valence-corrected chi connectivity index (χ1v) is 6.88. The minimum absolute atomic E-state index is 0.0279. The number of piperidine rings is 1.